The first-order chi connectivity index (χ1) is 17.1. The van der Waals surface area contributed by atoms with Gasteiger partial charge in [0.15, 0.2) is 0 Å². The van der Waals surface area contributed by atoms with E-state index in [2.05, 4.69) is 111 Å². The lowest BCUT2D eigenvalue weighted by Crippen LogP contribution is -2.60. The zero-order valence-corrected chi connectivity index (χ0v) is 28.9. The molecule has 0 aromatic carbocycles. The summed E-state index contributed by atoms with van der Waals surface area (Å²) in [6.07, 6.45) is 3.74. The van der Waals surface area contributed by atoms with Crippen LogP contribution in [0, 0.1) is 47.3 Å². The highest BCUT2D eigenvalue weighted by Crippen LogP contribution is 2.35. The van der Waals surface area contributed by atoms with Crippen molar-refractivity contribution in [3.05, 3.63) is 0 Å². The third kappa shape index (κ3) is 11.6. The fourth-order valence-corrected chi connectivity index (χ4v) is 8.22. The van der Waals surface area contributed by atoms with Crippen LogP contribution in [0.4, 0.5) is 0 Å². The molecule has 0 aromatic heterocycles. The van der Waals surface area contributed by atoms with Crippen molar-refractivity contribution in [3.8, 4) is 0 Å². The summed E-state index contributed by atoms with van der Waals surface area (Å²) in [5.74, 6) is 3.51. The molecule has 0 fully saturated rings. The molecule has 0 aliphatic carbocycles. The van der Waals surface area contributed by atoms with Crippen molar-refractivity contribution in [2.24, 2.45) is 47.3 Å². The molecule has 0 bridgehead atoms. The first kappa shape index (κ1) is 37.1. The van der Waals surface area contributed by atoms with Crippen molar-refractivity contribution in [1.82, 2.24) is 0 Å². The molecule has 5 heteroatoms. The second kappa shape index (κ2) is 17.7. The average molecular weight is 545 g/mol. The third-order valence-electron chi connectivity index (χ3n) is 9.34. The lowest BCUT2D eigenvalue weighted by molar-refractivity contribution is -0.140. The molecule has 0 radical (unpaired) electrons. The normalized spacial score (nSPS) is 21.1. The Labute approximate surface area is 234 Å². The Kier molecular flexibility index (Phi) is 17.7. The molecule has 0 heterocycles. The van der Waals surface area contributed by atoms with Gasteiger partial charge in [0, 0.05) is 0 Å². The van der Waals surface area contributed by atoms with Gasteiger partial charge < -0.3 is 17.7 Å². The smallest absolute Gasteiger partial charge is 0.348 e. The molecule has 8 atom stereocenters. The lowest BCUT2D eigenvalue weighted by Gasteiger charge is -2.43. The molecule has 4 nitrogen and oxygen atoms in total. The van der Waals surface area contributed by atoms with E-state index in [0.29, 0.717) is 47.3 Å². The van der Waals surface area contributed by atoms with Crippen molar-refractivity contribution in [3.63, 3.8) is 0 Å². The highest BCUT2D eigenvalue weighted by Gasteiger charge is 2.55. The van der Waals surface area contributed by atoms with Crippen LogP contribution in [0.15, 0.2) is 0 Å². The third-order valence-corrected chi connectivity index (χ3v) is 11.7. The molecule has 37 heavy (non-hydrogen) atoms. The Bertz CT molecular complexity index is 478. The van der Waals surface area contributed by atoms with Gasteiger partial charge in [-0.1, -0.05) is 111 Å². The van der Waals surface area contributed by atoms with Crippen LogP contribution in [-0.2, 0) is 17.7 Å². The van der Waals surface area contributed by atoms with Gasteiger partial charge in [-0.2, -0.15) is 0 Å². The van der Waals surface area contributed by atoms with E-state index in [9.17, 15) is 0 Å². The number of rotatable bonds is 20. The van der Waals surface area contributed by atoms with Gasteiger partial charge in [0.05, 0.1) is 24.4 Å². The summed E-state index contributed by atoms with van der Waals surface area (Å²) >= 11 is 0. The van der Waals surface area contributed by atoms with Crippen LogP contribution < -0.4 is 0 Å². The molecule has 0 amide bonds. The Morgan fingerprint density at radius 3 is 0.622 bits per heavy atom. The topological polar surface area (TPSA) is 36.9 Å². The predicted molar refractivity (Wildman–Crippen MR) is 162 cm³/mol. The summed E-state index contributed by atoms with van der Waals surface area (Å²) in [5.41, 5.74) is 0. The molecule has 0 spiro atoms. The van der Waals surface area contributed by atoms with Gasteiger partial charge in [0.2, 0.25) is 0 Å². The molecule has 224 valence electrons. The minimum absolute atomic E-state index is 0.0252. The highest BCUT2D eigenvalue weighted by molar-refractivity contribution is 6.53. The first-order valence-electron chi connectivity index (χ1n) is 15.8. The minimum Gasteiger partial charge on any atom is -0.348 e. The van der Waals surface area contributed by atoms with Gasteiger partial charge in [0.25, 0.3) is 0 Å². The Balaban J connectivity index is 6.91. The summed E-state index contributed by atoms with van der Waals surface area (Å²) in [6.45, 7) is 36.3. The van der Waals surface area contributed by atoms with E-state index in [1.54, 1.807) is 0 Å². The second-order valence-electron chi connectivity index (χ2n) is 13.2. The summed E-state index contributed by atoms with van der Waals surface area (Å²) in [5, 5.41) is 0. The van der Waals surface area contributed by atoms with Gasteiger partial charge in [-0.3, -0.25) is 0 Å². The van der Waals surface area contributed by atoms with E-state index in [0.717, 1.165) is 25.7 Å². The molecule has 8 unspecified atom stereocenters. The maximum Gasteiger partial charge on any atom is 0.680 e. The van der Waals surface area contributed by atoms with Crippen molar-refractivity contribution in [1.29, 1.82) is 0 Å². The van der Waals surface area contributed by atoms with E-state index < -0.39 is 9.05 Å². The van der Waals surface area contributed by atoms with Gasteiger partial charge in [-0.25, -0.2) is 0 Å². The van der Waals surface area contributed by atoms with Crippen LogP contribution in [0.25, 0.3) is 0 Å². The largest absolute Gasteiger partial charge is 0.680 e. The molecule has 0 aliphatic rings. The zero-order chi connectivity index (χ0) is 29.1. The van der Waals surface area contributed by atoms with Crippen molar-refractivity contribution < 1.29 is 17.7 Å². The standard InChI is InChI=1S/C32H68O4Si/c1-17-29(25(13)21(5)6)33-37(34-30(18-2)26(14)22(7)8,35-31(19-3)27(15)23(9)10)36-32(20-4)28(16)24(11)12/h21-32H,17-20H2,1-16H3. The van der Waals surface area contributed by atoms with Crippen molar-refractivity contribution >= 4 is 9.05 Å². The van der Waals surface area contributed by atoms with Crippen LogP contribution in [-0.4, -0.2) is 33.5 Å². The molecule has 0 saturated heterocycles. The molecular formula is C32H68O4Si. The Morgan fingerprint density at radius 2 is 0.514 bits per heavy atom. The van der Waals surface area contributed by atoms with Gasteiger partial charge in [-0.15, -0.1) is 0 Å². The zero-order valence-electron chi connectivity index (χ0n) is 27.9. The van der Waals surface area contributed by atoms with Gasteiger partial charge in [-0.05, 0) is 73.0 Å². The van der Waals surface area contributed by atoms with Crippen LogP contribution in [0.3, 0.4) is 0 Å². The highest BCUT2D eigenvalue weighted by atomic mass is 28.4. The van der Waals surface area contributed by atoms with E-state index in [1.807, 2.05) is 0 Å². The van der Waals surface area contributed by atoms with E-state index in [-0.39, 0.29) is 24.4 Å². The summed E-state index contributed by atoms with van der Waals surface area (Å²) in [7, 11) is -3.57. The fourth-order valence-electron chi connectivity index (χ4n) is 4.88. The molecule has 0 aliphatic heterocycles. The molecule has 0 aromatic rings. The molecule has 0 N–H and O–H groups in total. The van der Waals surface area contributed by atoms with Crippen molar-refractivity contribution in [2.45, 2.75) is 161 Å². The second-order valence-corrected chi connectivity index (χ2v) is 15.1. The Hall–Kier alpha value is 0.0569. The molecular weight excluding hydrogens is 476 g/mol. The van der Waals surface area contributed by atoms with Gasteiger partial charge in [0.1, 0.15) is 0 Å². The van der Waals surface area contributed by atoms with Crippen LogP contribution in [0.2, 0.25) is 0 Å². The number of hydrogen-bond acceptors (Lipinski definition) is 4. The van der Waals surface area contributed by atoms with E-state index in [4.69, 9.17) is 17.7 Å². The summed E-state index contributed by atoms with van der Waals surface area (Å²) < 4.78 is 28.7. The number of hydrogen-bond donors (Lipinski definition) is 0. The van der Waals surface area contributed by atoms with Crippen LogP contribution in [0.1, 0.15) is 136 Å². The predicted octanol–water partition coefficient (Wildman–Crippen LogP) is 9.77. The lowest BCUT2D eigenvalue weighted by atomic mass is 9.91. The van der Waals surface area contributed by atoms with Gasteiger partial charge >= 0.3 is 9.05 Å². The van der Waals surface area contributed by atoms with Crippen LogP contribution >= 0.6 is 0 Å². The maximum absolute atomic E-state index is 7.17. The maximum atomic E-state index is 7.17. The quantitative estimate of drug-likeness (QED) is 0.143. The van der Waals surface area contributed by atoms with Crippen molar-refractivity contribution in [2.75, 3.05) is 0 Å². The molecule has 0 rings (SSSR count). The summed E-state index contributed by atoms with van der Waals surface area (Å²) in [6, 6.07) is 0. The monoisotopic (exact) mass is 544 g/mol. The van der Waals surface area contributed by atoms with E-state index in [1.165, 1.54) is 0 Å². The fraction of sp³-hybridized carbons (Fsp3) is 1.00. The van der Waals surface area contributed by atoms with E-state index >= 15 is 0 Å². The minimum atomic E-state index is -3.57. The SMILES string of the molecule is CCC(O[Si](OC(CC)C(C)C(C)C)(OC(CC)C(C)C(C)C)OC(CC)C(C)C(C)C)C(C)C(C)C. The Morgan fingerprint density at radius 1 is 0.351 bits per heavy atom. The first-order valence-corrected chi connectivity index (χ1v) is 17.4. The summed E-state index contributed by atoms with van der Waals surface area (Å²) in [4.78, 5) is 0. The average Bonchev–Trinajstić information content (AvgIpc) is 2.85. The van der Waals surface area contributed by atoms with Crippen LogP contribution in [0.5, 0.6) is 0 Å². The molecule has 0 saturated carbocycles.